The highest BCUT2D eigenvalue weighted by molar-refractivity contribution is 8.01. The van der Waals surface area contributed by atoms with Crippen molar-refractivity contribution in [1.29, 1.82) is 0 Å². The third-order valence-corrected chi connectivity index (χ3v) is 5.45. The summed E-state index contributed by atoms with van der Waals surface area (Å²) >= 11 is 2.93. The van der Waals surface area contributed by atoms with E-state index in [1.807, 2.05) is 6.92 Å². The fourth-order valence-electron chi connectivity index (χ4n) is 2.45. The molecular formula is C17H17N5O3S2. The Bertz CT molecular complexity index is 1020. The van der Waals surface area contributed by atoms with E-state index >= 15 is 0 Å². The SMILES string of the molecule is CCSc1nnc(/N=N/c2cc(C)c(O)c3cccc(NC(=O)OC)c23)s1. The zero-order valence-electron chi connectivity index (χ0n) is 14.9. The van der Waals surface area contributed by atoms with Gasteiger partial charge in [0.1, 0.15) is 5.75 Å². The van der Waals surface area contributed by atoms with Gasteiger partial charge >= 0.3 is 6.09 Å². The molecule has 0 aliphatic carbocycles. The van der Waals surface area contributed by atoms with Gasteiger partial charge in [-0.1, -0.05) is 42.2 Å². The lowest BCUT2D eigenvalue weighted by molar-refractivity contribution is 0.187. The second kappa shape index (κ2) is 8.31. The van der Waals surface area contributed by atoms with Crippen LogP contribution in [0.15, 0.2) is 38.8 Å². The lowest BCUT2D eigenvalue weighted by Gasteiger charge is -2.12. The van der Waals surface area contributed by atoms with Crippen LogP contribution in [-0.2, 0) is 4.74 Å². The number of methoxy groups -OCH3 is 1. The van der Waals surface area contributed by atoms with Gasteiger partial charge in [0.05, 0.1) is 18.5 Å². The first-order valence-corrected chi connectivity index (χ1v) is 9.82. The van der Waals surface area contributed by atoms with Crippen LogP contribution in [0.4, 0.5) is 21.3 Å². The molecule has 1 heterocycles. The van der Waals surface area contributed by atoms with Gasteiger partial charge in [-0.3, -0.25) is 5.32 Å². The number of rotatable bonds is 5. The summed E-state index contributed by atoms with van der Waals surface area (Å²) in [5, 5.41) is 31.1. The Hall–Kier alpha value is -2.72. The van der Waals surface area contributed by atoms with Gasteiger partial charge in [-0.2, -0.15) is 0 Å². The van der Waals surface area contributed by atoms with Crippen LogP contribution in [0.3, 0.4) is 0 Å². The molecule has 1 aromatic heterocycles. The number of aromatic hydroxyl groups is 1. The molecular weight excluding hydrogens is 386 g/mol. The summed E-state index contributed by atoms with van der Waals surface area (Å²) in [6.45, 7) is 3.81. The van der Waals surface area contributed by atoms with E-state index in [1.54, 1.807) is 43.0 Å². The first-order chi connectivity index (χ1) is 13.0. The molecule has 0 atom stereocenters. The molecule has 10 heteroatoms. The van der Waals surface area contributed by atoms with Gasteiger partial charge in [-0.25, -0.2) is 4.79 Å². The van der Waals surface area contributed by atoms with E-state index in [2.05, 4.69) is 30.5 Å². The van der Waals surface area contributed by atoms with Crippen LogP contribution in [0.25, 0.3) is 10.8 Å². The minimum absolute atomic E-state index is 0.120. The largest absolute Gasteiger partial charge is 0.507 e. The zero-order chi connectivity index (χ0) is 19.4. The number of nitrogens with zero attached hydrogens (tertiary/aromatic N) is 4. The fourth-order valence-corrected chi connectivity index (χ4v) is 4.01. The third-order valence-electron chi connectivity index (χ3n) is 3.63. The van der Waals surface area contributed by atoms with Gasteiger partial charge in [0.15, 0.2) is 4.34 Å². The fraction of sp³-hybridized carbons (Fsp3) is 0.235. The van der Waals surface area contributed by atoms with E-state index in [9.17, 15) is 9.90 Å². The van der Waals surface area contributed by atoms with Crippen LogP contribution in [0.1, 0.15) is 12.5 Å². The Kier molecular flexibility index (Phi) is 5.87. The van der Waals surface area contributed by atoms with Gasteiger partial charge in [0.2, 0.25) is 0 Å². The number of amides is 1. The Morgan fingerprint density at radius 1 is 1.37 bits per heavy atom. The molecule has 0 aliphatic heterocycles. The van der Waals surface area contributed by atoms with Crippen molar-refractivity contribution in [3.8, 4) is 5.75 Å². The number of phenolic OH excluding ortho intramolecular Hbond substituents is 1. The van der Waals surface area contributed by atoms with Crippen molar-refractivity contribution >= 4 is 56.5 Å². The number of thioether (sulfide) groups is 1. The lowest BCUT2D eigenvalue weighted by atomic mass is 10.0. The maximum atomic E-state index is 11.7. The summed E-state index contributed by atoms with van der Waals surface area (Å²) in [4.78, 5) is 11.7. The van der Waals surface area contributed by atoms with Crippen LogP contribution in [0, 0.1) is 6.92 Å². The molecule has 2 aromatic carbocycles. The number of azo groups is 1. The number of phenols is 1. The maximum absolute atomic E-state index is 11.7. The quantitative estimate of drug-likeness (QED) is 0.435. The topological polar surface area (TPSA) is 109 Å². The zero-order valence-corrected chi connectivity index (χ0v) is 16.5. The second-order valence-electron chi connectivity index (χ2n) is 5.39. The molecule has 2 N–H and O–H groups in total. The van der Waals surface area contributed by atoms with Crippen molar-refractivity contribution < 1.29 is 14.6 Å². The molecule has 3 rings (SSSR count). The number of nitrogens with one attached hydrogen (secondary N) is 1. The van der Waals surface area contributed by atoms with Crippen LogP contribution >= 0.6 is 23.1 Å². The van der Waals surface area contributed by atoms with Crippen LogP contribution in [0.2, 0.25) is 0 Å². The highest BCUT2D eigenvalue weighted by Gasteiger charge is 2.14. The summed E-state index contributed by atoms with van der Waals surface area (Å²) in [5.41, 5.74) is 1.60. The van der Waals surface area contributed by atoms with E-state index in [-0.39, 0.29) is 5.75 Å². The predicted molar refractivity (Wildman–Crippen MR) is 107 cm³/mol. The summed E-state index contributed by atoms with van der Waals surface area (Å²) in [5.74, 6) is 1.02. The van der Waals surface area contributed by atoms with Crippen molar-refractivity contribution in [2.24, 2.45) is 10.2 Å². The monoisotopic (exact) mass is 403 g/mol. The van der Waals surface area contributed by atoms with E-state index < -0.39 is 6.09 Å². The number of ether oxygens (including phenoxy) is 1. The van der Waals surface area contributed by atoms with Crippen LogP contribution in [-0.4, -0.2) is 34.3 Å². The summed E-state index contributed by atoms with van der Waals surface area (Å²) in [6.07, 6.45) is -0.615. The summed E-state index contributed by atoms with van der Waals surface area (Å²) in [7, 11) is 1.28. The number of benzene rings is 2. The van der Waals surface area contributed by atoms with Crippen molar-refractivity contribution in [3.05, 3.63) is 29.8 Å². The smallest absolute Gasteiger partial charge is 0.411 e. The minimum atomic E-state index is -0.615. The predicted octanol–water partition coefficient (Wildman–Crippen LogP) is 5.41. The number of fused-ring (bicyclic) bond motifs is 1. The van der Waals surface area contributed by atoms with Crippen molar-refractivity contribution in [1.82, 2.24) is 10.2 Å². The van der Waals surface area contributed by atoms with Crippen molar-refractivity contribution in [2.45, 2.75) is 18.2 Å². The number of anilines is 1. The van der Waals surface area contributed by atoms with Crippen LogP contribution in [0.5, 0.6) is 5.75 Å². The first kappa shape index (κ1) is 19.1. The lowest BCUT2D eigenvalue weighted by Crippen LogP contribution is -2.11. The molecule has 0 saturated heterocycles. The van der Waals surface area contributed by atoms with E-state index in [0.717, 1.165) is 10.1 Å². The maximum Gasteiger partial charge on any atom is 0.411 e. The molecule has 0 bridgehead atoms. The summed E-state index contributed by atoms with van der Waals surface area (Å²) in [6, 6.07) is 6.88. The molecule has 1 amide bonds. The first-order valence-electron chi connectivity index (χ1n) is 8.01. The minimum Gasteiger partial charge on any atom is -0.507 e. The number of hydrogen-bond acceptors (Lipinski definition) is 9. The van der Waals surface area contributed by atoms with Crippen molar-refractivity contribution in [2.75, 3.05) is 18.2 Å². The number of hydrogen-bond donors (Lipinski definition) is 2. The van der Waals surface area contributed by atoms with Gasteiger partial charge in [0, 0.05) is 10.8 Å². The Labute approximate surface area is 163 Å². The molecule has 0 fully saturated rings. The highest BCUT2D eigenvalue weighted by atomic mass is 32.2. The molecule has 3 aromatic rings. The van der Waals surface area contributed by atoms with Gasteiger partial charge in [-0.15, -0.1) is 20.4 Å². The third kappa shape index (κ3) is 4.17. The molecule has 140 valence electrons. The number of carbonyl (C=O) groups is 1. The molecule has 0 unspecified atom stereocenters. The Morgan fingerprint density at radius 2 is 2.19 bits per heavy atom. The van der Waals surface area contributed by atoms with E-state index in [0.29, 0.717) is 32.8 Å². The average molecular weight is 403 g/mol. The molecule has 0 spiro atoms. The van der Waals surface area contributed by atoms with E-state index in [1.165, 1.54) is 18.4 Å². The molecule has 27 heavy (non-hydrogen) atoms. The average Bonchev–Trinajstić information content (AvgIpc) is 3.11. The molecule has 0 aliphatic rings. The number of carbonyl (C=O) groups excluding carboxylic acids is 1. The highest BCUT2D eigenvalue weighted by Crippen LogP contribution is 2.41. The molecule has 0 saturated carbocycles. The van der Waals surface area contributed by atoms with E-state index in [4.69, 9.17) is 0 Å². The van der Waals surface area contributed by atoms with Gasteiger partial charge < -0.3 is 9.84 Å². The van der Waals surface area contributed by atoms with Gasteiger partial charge in [0.25, 0.3) is 5.13 Å². The number of aryl methyl sites for hydroxylation is 1. The molecule has 0 radical (unpaired) electrons. The molecule has 8 nitrogen and oxygen atoms in total. The Balaban J connectivity index is 2.08. The second-order valence-corrected chi connectivity index (χ2v) is 7.86. The summed E-state index contributed by atoms with van der Waals surface area (Å²) < 4.78 is 5.49. The standard InChI is InChI=1S/C17H17N5O3S2/c1-4-26-17-22-21-15(27-17)20-19-12-8-9(2)14(23)10-6-5-7-11(13(10)12)18-16(24)25-3/h5-8,23H,4H2,1-3H3,(H,18,24)/b20-19+. The normalized spacial score (nSPS) is 11.2. The Morgan fingerprint density at radius 3 is 2.93 bits per heavy atom. The number of aromatic nitrogens is 2. The van der Waals surface area contributed by atoms with Gasteiger partial charge in [-0.05, 0) is 30.4 Å². The van der Waals surface area contributed by atoms with Crippen LogP contribution < -0.4 is 5.32 Å². The van der Waals surface area contributed by atoms with Crippen molar-refractivity contribution in [3.63, 3.8) is 0 Å².